The molecule has 0 aliphatic heterocycles. The van der Waals surface area contributed by atoms with Gasteiger partial charge in [0.15, 0.2) is 5.69 Å². The molecule has 1 aliphatic carbocycles. The number of nitrogens with two attached hydrogens (primary N) is 1. The van der Waals surface area contributed by atoms with Crippen LogP contribution in [0, 0.1) is 0 Å². The lowest BCUT2D eigenvalue weighted by Gasteiger charge is -2.17. The van der Waals surface area contributed by atoms with Crippen LogP contribution >= 0.6 is 0 Å². The SMILES string of the molecule is Cn1nc(C(N)=O)c2c1-c1nc(Nc3cccc(C(F)(F)F)c3)ncc1CC2. The summed E-state index contributed by atoms with van der Waals surface area (Å²) in [6.07, 6.45) is -1.63. The van der Waals surface area contributed by atoms with E-state index in [0.29, 0.717) is 29.8 Å². The van der Waals surface area contributed by atoms with E-state index in [1.54, 1.807) is 13.2 Å². The standard InChI is InChI=1S/C18H15F3N6O/c1-27-15-12(14(26-27)16(22)28)6-5-9-8-23-17(25-13(9)15)24-11-4-2-3-10(7-11)18(19,20)21/h2-4,7-8H,5-6H2,1H3,(H2,22,28)(H,23,24,25). The summed E-state index contributed by atoms with van der Waals surface area (Å²) in [6, 6.07) is 4.79. The minimum Gasteiger partial charge on any atom is -0.364 e. The number of fused-ring (bicyclic) bond motifs is 3. The minimum atomic E-state index is -4.44. The van der Waals surface area contributed by atoms with Gasteiger partial charge in [0.25, 0.3) is 5.91 Å². The number of aromatic nitrogens is 4. The highest BCUT2D eigenvalue weighted by Crippen LogP contribution is 2.35. The van der Waals surface area contributed by atoms with Crippen molar-refractivity contribution in [3.63, 3.8) is 0 Å². The second kappa shape index (κ2) is 6.32. The van der Waals surface area contributed by atoms with Crippen LogP contribution in [-0.2, 0) is 26.1 Å². The number of carbonyl (C=O) groups excluding carboxylic acids is 1. The molecule has 0 atom stereocenters. The van der Waals surface area contributed by atoms with E-state index in [0.717, 1.165) is 17.7 Å². The van der Waals surface area contributed by atoms with E-state index in [9.17, 15) is 18.0 Å². The quantitative estimate of drug-likeness (QED) is 0.719. The molecule has 7 nitrogen and oxygen atoms in total. The number of halogens is 3. The van der Waals surface area contributed by atoms with Crippen LogP contribution in [0.2, 0.25) is 0 Å². The Kier molecular flexibility index (Phi) is 4.06. The van der Waals surface area contributed by atoms with Crippen LogP contribution in [-0.4, -0.2) is 25.7 Å². The van der Waals surface area contributed by atoms with Gasteiger partial charge in [0.05, 0.1) is 17.0 Å². The van der Waals surface area contributed by atoms with Crippen molar-refractivity contribution in [2.45, 2.75) is 19.0 Å². The summed E-state index contributed by atoms with van der Waals surface area (Å²) in [6.45, 7) is 0. The first-order chi connectivity index (χ1) is 13.2. The fourth-order valence-corrected chi connectivity index (χ4v) is 3.32. The van der Waals surface area contributed by atoms with E-state index < -0.39 is 17.6 Å². The Morgan fingerprint density at radius 2 is 2.07 bits per heavy atom. The van der Waals surface area contributed by atoms with Crippen molar-refractivity contribution >= 4 is 17.5 Å². The van der Waals surface area contributed by atoms with Gasteiger partial charge in [0.1, 0.15) is 0 Å². The number of hydrogen-bond acceptors (Lipinski definition) is 5. The summed E-state index contributed by atoms with van der Waals surface area (Å²) in [5, 5.41) is 6.98. The second-order valence-electron chi connectivity index (χ2n) is 6.43. The predicted molar refractivity (Wildman–Crippen MR) is 94.9 cm³/mol. The van der Waals surface area contributed by atoms with Crippen LogP contribution in [0.1, 0.15) is 27.2 Å². The highest BCUT2D eigenvalue weighted by atomic mass is 19.4. The highest BCUT2D eigenvalue weighted by Gasteiger charge is 2.31. The topological polar surface area (TPSA) is 98.7 Å². The van der Waals surface area contributed by atoms with Gasteiger partial charge in [-0.2, -0.15) is 18.3 Å². The third kappa shape index (κ3) is 3.06. The Morgan fingerprint density at radius 3 is 2.79 bits per heavy atom. The van der Waals surface area contributed by atoms with Crippen molar-refractivity contribution in [3.05, 3.63) is 52.8 Å². The van der Waals surface area contributed by atoms with Crippen LogP contribution in [0.15, 0.2) is 30.5 Å². The molecule has 2 aromatic heterocycles. The number of primary amides is 1. The van der Waals surface area contributed by atoms with Crippen molar-refractivity contribution in [1.82, 2.24) is 19.7 Å². The molecule has 1 aromatic carbocycles. The van der Waals surface area contributed by atoms with E-state index in [2.05, 4.69) is 20.4 Å². The van der Waals surface area contributed by atoms with Crippen molar-refractivity contribution < 1.29 is 18.0 Å². The van der Waals surface area contributed by atoms with Gasteiger partial charge < -0.3 is 11.1 Å². The molecule has 2 heterocycles. The van der Waals surface area contributed by atoms with Gasteiger partial charge in [0, 0.05) is 24.5 Å². The summed E-state index contributed by atoms with van der Waals surface area (Å²) in [5.74, 6) is -0.468. The summed E-state index contributed by atoms with van der Waals surface area (Å²) in [5.41, 5.74) is 7.86. The number of rotatable bonds is 3. The molecule has 4 rings (SSSR count). The average Bonchev–Trinajstić information content (AvgIpc) is 2.99. The zero-order chi connectivity index (χ0) is 20.1. The highest BCUT2D eigenvalue weighted by molar-refractivity contribution is 5.94. The van der Waals surface area contributed by atoms with Gasteiger partial charge in [-0.1, -0.05) is 6.07 Å². The molecule has 1 aliphatic rings. The zero-order valence-corrected chi connectivity index (χ0v) is 14.7. The van der Waals surface area contributed by atoms with Crippen LogP contribution in [0.3, 0.4) is 0 Å². The number of aryl methyl sites for hydroxylation is 2. The van der Waals surface area contributed by atoms with E-state index >= 15 is 0 Å². The Bertz CT molecular complexity index is 1090. The Hall–Kier alpha value is -3.43. The van der Waals surface area contributed by atoms with Gasteiger partial charge >= 0.3 is 6.18 Å². The molecule has 1 amide bonds. The lowest BCUT2D eigenvalue weighted by atomic mass is 9.93. The molecule has 0 saturated carbocycles. The summed E-state index contributed by atoms with van der Waals surface area (Å²) < 4.78 is 40.2. The second-order valence-corrected chi connectivity index (χ2v) is 6.43. The van der Waals surface area contributed by atoms with Gasteiger partial charge in [-0.25, -0.2) is 9.97 Å². The van der Waals surface area contributed by atoms with Crippen molar-refractivity contribution in [1.29, 1.82) is 0 Å². The largest absolute Gasteiger partial charge is 0.416 e. The maximum Gasteiger partial charge on any atom is 0.416 e. The summed E-state index contributed by atoms with van der Waals surface area (Å²) in [4.78, 5) is 20.3. The van der Waals surface area contributed by atoms with Crippen LogP contribution < -0.4 is 11.1 Å². The van der Waals surface area contributed by atoms with Crippen LogP contribution in [0.25, 0.3) is 11.4 Å². The van der Waals surface area contributed by atoms with Crippen LogP contribution in [0.5, 0.6) is 0 Å². The van der Waals surface area contributed by atoms with Crippen molar-refractivity contribution in [3.8, 4) is 11.4 Å². The monoisotopic (exact) mass is 388 g/mol. The lowest BCUT2D eigenvalue weighted by Crippen LogP contribution is -2.16. The fraction of sp³-hybridized carbons (Fsp3) is 0.222. The molecule has 10 heteroatoms. The van der Waals surface area contributed by atoms with Crippen molar-refractivity contribution in [2.24, 2.45) is 12.8 Å². The Balaban J connectivity index is 1.72. The third-order valence-electron chi connectivity index (χ3n) is 4.56. The molecule has 0 fully saturated rings. The van der Waals surface area contributed by atoms with E-state index in [1.165, 1.54) is 16.8 Å². The van der Waals surface area contributed by atoms with E-state index in [-0.39, 0.29) is 17.3 Å². The number of anilines is 2. The molecular formula is C18H15F3N6O. The molecule has 0 radical (unpaired) electrons. The Morgan fingerprint density at radius 1 is 1.29 bits per heavy atom. The van der Waals surface area contributed by atoms with Crippen LogP contribution in [0.4, 0.5) is 24.8 Å². The Labute approximate surface area is 157 Å². The van der Waals surface area contributed by atoms with Crippen molar-refractivity contribution in [2.75, 3.05) is 5.32 Å². The predicted octanol–water partition coefficient (Wildman–Crippen LogP) is 2.84. The number of nitrogens with zero attached hydrogens (tertiary/aromatic N) is 4. The first-order valence-corrected chi connectivity index (χ1v) is 8.40. The minimum absolute atomic E-state index is 0.146. The molecule has 0 saturated heterocycles. The first-order valence-electron chi connectivity index (χ1n) is 8.40. The van der Waals surface area contributed by atoms with Gasteiger partial charge in [0.2, 0.25) is 5.95 Å². The number of alkyl halides is 3. The third-order valence-corrected chi connectivity index (χ3v) is 4.56. The fourth-order valence-electron chi connectivity index (χ4n) is 3.32. The molecule has 144 valence electrons. The molecule has 0 bridgehead atoms. The smallest absolute Gasteiger partial charge is 0.364 e. The molecule has 3 N–H and O–H groups in total. The van der Waals surface area contributed by atoms with E-state index in [4.69, 9.17) is 5.73 Å². The molecule has 0 unspecified atom stereocenters. The normalized spacial score (nSPS) is 13.0. The number of nitrogens with one attached hydrogen (secondary N) is 1. The number of hydrogen-bond donors (Lipinski definition) is 2. The van der Waals surface area contributed by atoms with Gasteiger partial charge in [-0.3, -0.25) is 9.48 Å². The molecule has 0 spiro atoms. The molecule has 28 heavy (non-hydrogen) atoms. The maximum absolute atomic E-state index is 12.9. The summed E-state index contributed by atoms with van der Waals surface area (Å²) >= 11 is 0. The number of benzene rings is 1. The maximum atomic E-state index is 12.9. The first kappa shape index (κ1) is 18.0. The van der Waals surface area contributed by atoms with Gasteiger partial charge in [-0.15, -0.1) is 0 Å². The zero-order valence-electron chi connectivity index (χ0n) is 14.7. The number of amides is 1. The molecular weight excluding hydrogens is 373 g/mol. The number of carbonyl (C=O) groups is 1. The van der Waals surface area contributed by atoms with Gasteiger partial charge in [-0.05, 0) is 36.6 Å². The average molecular weight is 388 g/mol. The van der Waals surface area contributed by atoms with E-state index in [1.807, 2.05) is 0 Å². The lowest BCUT2D eigenvalue weighted by molar-refractivity contribution is -0.137. The molecule has 3 aromatic rings. The summed E-state index contributed by atoms with van der Waals surface area (Å²) in [7, 11) is 1.68.